The van der Waals surface area contributed by atoms with Crippen LogP contribution in [-0.2, 0) is 14.2 Å². The van der Waals surface area contributed by atoms with Crippen LogP contribution in [0.4, 0.5) is 0 Å². The molecule has 1 aromatic rings. The standard InChI is InChI=1S/C21H30O13/c1-2-30-11-5-9(6-22)3-4-10(11)31-19-17(28)18(13(8-24)32-20(19)29)34-21-16(27)15(26)14(25)12(7-23)33-21/h3-6,12-21,23-29H,2,7-8H2,1H3/t12-,13-,14-,15+,16-,17+,18-,19-,20-,21-/m1/s1. The molecule has 192 valence electrons. The molecule has 0 aromatic heterocycles. The average Bonchev–Trinajstić information content (AvgIpc) is 2.84. The molecule has 0 amide bonds. The van der Waals surface area contributed by atoms with E-state index in [0.717, 1.165) is 0 Å². The van der Waals surface area contributed by atoms with E-state index in [1.807, 2.05) is 0 Å². The Morgan fingerprint density at radius 1 is 0.882 bits per heavy atom. The fraction of sp³-hybridized carbons (Fsp3) is 0.667. The van der Waals surface area contributed by atoms with Crippen LogP contribution in [0.1, 0.15) is 17.3 Å². The third kappa shape index (κ3) is 5.49. The lowest BCUT2D eigenvalue weighted by molar-refractivity contribution is -0.353. The molecule has 1 aromatic carbocycles. The van der Waals surface area contributed by atoms with Gasteiger partial charge in [0.1, 0.15) is 49.0 Å². The van der Waals surface area contributed by atoms with Crippen LogP contribution >= 0.6 is 0 Å². The lowest BCUT2D eigenvalue weighted by Gasteiger charge is -2.46. The van der Waals surface area contributed by atoms with Crippen molar-refractivity contribution in [1.82, 2.24) is 0 Å². The molecule has 0 radical (unpaired) electrons. The molecule has 0 bridgehead atoms. The second-order valence-corrected chi connectivity index (χ2v) is 7.88. The molecule has 13 heteroatoms. The zero-order chi connectivity index (χ0) is 25.0. The number of benzene rings is 1. The van der Waals surface area contributed by atoms with Crippen molar-refractivity contribution in [2.75, 3.05) is 19.8 Å². The van der Waals surface area contributed by atoms with E-state index in [1.165, 1.54) is 18.2 Å². The summed E-state index contributed by atoms with van der Waals surface area (Å²) in [7, 11) is 0. The number of ether oxygens (including phenoxy) is 5. The number of aliphatic hydroxyl groups excluding tert-OH is 7. The molecule has 0 spiro atoms. The number of carbonyl (C=O) groups excluding carboxylic acids is 1. The van der Waals surface area contributed by atoms with Gasteiger partial charge in [-0.3, -0.25) is 4.79 Å². The van der Waals surface area contributed by atoms with Crippen molar-refractivity contribution < 1.29 is 64.2 Å². The van der Waals surface area contributed by atoms with Crippen molar-refractivity contribution in [1.29, 1.82) is 0 Å². The van der Waals surface area contributed by atoms with Crippen LogP contribution in [0.15, 0.2) is 18.2 Å². The minimum absolute atomic E-state index is 0.0770. The van der Waals surface area contributed by atoms with Crippen molar-refractivity contribution in [2.24, 2.45) is 0 Å². The Morgan fingerprint density at radius 2 is 1.59 bits per heavy atom. The van der Waals surface area contributed by atoms with E-state index >= 15 is 0 Å². The monoisotopic (exact) mass is 490 g/mol. The molecule has 2 fully saturated rings. The van der Waals surface area contributed by atoms with E-state index in [1.54, 1.807) is 6.92 Å². The number of hydrogen-bond acceptors (Lipinski definition) is 13. The molecule has 2 aliphatic heterocycles. The molecule has 10 atom stereocenters. The Bertz CT molecular complexity index is 805. The maximum absolute atomic E-state index is 11.1. The second kappa shape index (κ2) is 11.7. The molecule has 0 saturated carbocycles. The summed E-state index contributed by atoms with van der Waals surface area (Å²) in [6, 6.07) is 4.25. The Labute approximate surface area is 194 Å². The summed E-state index contributed by atoms with van der Waals surface area (Å²) in [5, 5.41) is 70.5. The summed E-state index contributed by atoms with van der Waals surface area (Å²) < 4.78 is 27.4. The first-order chi connectivity index (χ1) is 16.2. The van der Waals surface area contributed by atoms with Crippen LogP contribution in [-0.4, -0.2) is 123 Å². The van der Waals surface area contributed by atoms with E-state index in [4.69, 9.17) is 23.7 Å². The summed E-state index contributed by atoms with van der Waals surface area (Å²) >= 11 is 0. The molecule has 0 unspecified atom stereocenters. The summed E-state index contributed by atoms with van der Waals surface area (Å²) in [5.74, 6) is 0.246. The lowest BCUT2D eigenvalue weighted by Crippen LogP contribution is -2.65. The Balaban J connectivity index is 1.82. The minimum Gasteiger partial charge on any atom is -0.490 e. The predicted octanol–water partition coefficient (Wildman–Crippen LogP) is -3.10. The fourth-order valence-electron chi connectivity index (χ4n) is 3.80. The third-order valence-corrected chi connectivity index (χ3v) is 5.62. The lowest BCUT2D eigenvalue weighted by atomic mass is 9.97. The molecule has 2 heterocycles. The highest BCUT2D eigenvalue weighted by Crippen LogP contribution is 2.34. The van der Waals surface area contributed by atoms with Crippen molar-refractivity contribution in [3.8, 4) is 11.5 Å². The number of hydrogen-bond donors (Lipinski definition) is 7. The highest BCUT2D eigenvalue weighted by Gasteiger charge is 2.51. The first-order valence-corrected chi connectivity index (χ1v) is 10.7. The zero-order valence-electron chi connectivity index (χ0n) is 18.3. The molecule has 34 heavy (non-hydrogen) atoms. The van der Waals surface area contributed by atoms with Crippen LogP contribution in [0.2, 0.25) is 0 Å². The van der Waals surface area contributed by atoms with Crippen LogP contribution in [0, 0.1) is 0 Å². The molecule has 2 saturated heterocycles. The third-order valence-electron chi connectivity index (χ3n) is 5.62. The van der Waals surface area contributed by atoms with Crippen LogP contribution in [0.25, 0.3) is 0 Å². The molecule has 13 nitrogen and oxygen atoms in total. The van der Waals surface area contributed by atoms with Gasteiger partial charge in [0, 0.05) is 5.56 Å². The molecular weight excluding hydrogens is 460 g/mol. The van der Waals surface area contributed by atoms with E-state index < -0.39 is 74.6 Å². The molecule has 0 aliphatic carbocycles. The first kappa shape index (κ1) is 26.7. The quantitative estimate of drug-likeness (QED) is 0.172. The average molecular weight is 490 g/mol. The SMILES string of the molecule is CCOc1cc(C=O)ccc1O[C@@H]1[C@@H](O)[C@H](O[C@H]2O[C@H](CO)[C@@H](O)[C@H](O)[C@H]2O)[C@@H](CO)O[C@H]1O. The van der Waals surface area contributed by atoms with Gasteiger partial charge in [-0.2, -0.15) is 0 Å². The van der Waals surface area contributed by atoms with Crippen LogP contribution in [0.5, 0.6) is 11.5 Å². The van der Waals surface area contributed by atoms with E-state index in [2.05, 4.69) is 0 Å². The van der Waals surface area contributed by atoms with Gasteiger partial charge >= 0.3 is 0 Å². The fourth-order valence-corrected chi connectivity index (χ4v) is 3.80. The first-order valence-electron chi connectivity index (χ1n) is 10.7. The molecule has 2 aliphatic rings. The summed E-state index contributed by atoms with van der Waals surface area (Å²) in [6.45, 7) is 0.544. The number of aldehydes is 1. The van der Waals surface area contributed by atoms with E-state index in [0.29, 0.717) is 11.8 Å². The van der Waals surface area contributed by atoms with Gasteiger partial charge in [-0.25, -0.2) is 0 Å². The van der Waals surface area contributed by atoms with Gasteiger partial charge in [0.05, 0.1) is 19.8 Å². The summed E-state index contributed by atoms with van der Waals surface area (Å²) in [4.78, 5) is 11.1. The normalized spacial score (nSPS) is 38.4. The number of aliphatic hydroxyl groups is 7. The summed E-state index contributed by atoms with van der Waals surface area (Å²) in [6.07, 6.45) is -15.0. The van der Waals surface area contributed by atoms with Crippen LogP contribution in [0.3, 0.4) is 0 Å². The Hall–Kier alpha value is -1.91. The van der Waals surface area contributed by atoms with Gasteiger partial charge in [-0.1, -0.05) is 0 Å². The topological polar surface area (TPSA) is 205 Å². The number of rotatable bonds is 9. The van der Waals surface area contributed by atoms with Gasteiger partial charge in [-0.15, -0.1) is 0 Å². The highest BCUT2D eigenvalue weighted by atomic mass is 16.7. The zero-order valence-corrected chi connectivity index (χ0v) is 18.3. The minimum atomic E-state index is -1.77. The Kier molecular flexibility index (Phi) is 9.17. The maximum Gasteiger partial charge on any atom is 0.195 e. The van der Waals surface area contributed by atoms with Gasteiger partial charge in [0.25, 0.3) is 0 Å². The predicted molar refractivity (Wildman–Crippen MR) is 110 cm³/mol. The van der Waals surface area contributed by atoms with Gasteiger partial charge in [0.2, 0.25) is 0 Å². The van der Waals surface area contributed by atoms with E-state index in [9.17, 15) is 40.5 Å². The number of carbonyl (C=O) groups is 1. The van der Waals surface area contributed by atoms with Crippen molar-refractivity contribution >= 4 is 6.29 Å². The summed E-state index contributed by atoms with van der Waals surface area (Å²) in [5.41, 5.74) is 0.306. The molecule has 3 rings (SSSR count). The van der Waals surface area contributed by atoms with Crippen LogP contribution < -0.4 is 9.47 Å². The van der Waals surface area contributed by atoms with Crippen molar-refractivity contribution in [3.05, 3.63) is 23.8 Å². The van der Waals surface area contributed by atoms with Gasteiger partial charge in [0.15, 0.2) is 30.2 Å². The largest absolute Gasteiger partial charge is 0.490 e. The smallest absolute Gasteiger partial charge is 0.195 e. The second-order valence-electron chi connectivity index (χ2n) is 7.88. The maximum atomic E-state index is 11.1. The Morgan fingerprint density at radius 3 is 2.21 bits per heavy atom. The van der Waals surface area contributed by atoms with Gasteiger partial charge < -0.3 is 59.4 Å². The highest BCUT2D eigenvalue weighted by molar-refractivity contribution is 5.76. The molecule has 7 N–H and O–H groups in total. The molecular formula is C21H30O13. The van der Waals surface area contributed by atoms with Gasteiger partial charge in [-0.05, 0) is 25.1 Å². The van der Waals surface area contributed by atoms with E-state index in [-0.39, 0.29) is 18.1 Å². The van der Waals surface area contributed by atoms with Crippen molar-refractivity contribution in [2.45, 2.75) is 68.3 Å². The van der Waals surface area contributed by atoms with Crippen molar-refractivity contribution in [3.63, 3.8) is 0 Å².